The Bertz CT molecular complexity index is 2540. The van der Waals surface area contributed by atoms with Crippen molar-refractivity contribution in [2.45, 2.75) is 91.3 Å². The highest BCUT2D eigenvalue weighted by molar-refractivity contribution is 7.81. The van der Waals surface area contributed by atoms with Crippen LogP contribution in [0.5, 0.6) is 0 Å². The number of ether oxygens (including phenoxy) is 2. The second-order valence-electron chi connectivity index (χ2n) is 15.3. The van der Waals surface area contributed by atoms with E-state index in [2.05, 4.69) is 51.7 Å². The van der Waals surface area contributed by atoms with Gasteiger partial charge >= 0.3 is 11.9 Å². The monoisotopic (exact) mass is 905 g/mol. The van der Waals surface area contributed by atoms with Crippen molar-refractivity contribution < 1.29 is 32.6 Å². The molecule has 0 atom stereocenters. The molecule has 0 unspecified atom stereocenters. The number of methoxy groups -OCH3 is 2. The highest BCUT2D eigenvalue weighted by atomic mass is 32.1. The first-order chi connectivity index (χ1) is 30.3. The average Bonchev–Trinajstić information content (AvgIpc) is 3.46. The zero-order valence-electron chi connectivity index (χ0n) is 37.0. The van der Waals surface area contributed by atoms with Gasteiger partial charge in [0.15, 0.2) is 16.5 Å². The zero-order valence-corrected chi connectivity index (χ0v) is 38.6. The van der Waals surface area contributed by atoms with E-state index in [1.54, 1.807) is 18.7 Å². The van der Waals surface area contributed by atoms with Crippen LogP contribution in [0, 0.1) is 45.2 Å². The van der Waals surface area contributed by atoms with Gasteiger partial charge in [-0.15, -0.1) is 0 Å². The van der Waals surface area contributed by atoms with E-state index >= 15 is 4.39 Å². The molecular formula is C48H49F2N7O5S2. The number of thiocarbonyl (C=S) groups is 2. The molecule has 4 aromatic carbocycles. The highest BCUT2D eigenvalue weighted by Gasteiger charge is 2.51. The lowest BCUT2D eigenvalue weighted by Crippen LogP contribution is -2.44. The van der Waals surface area contributed by atoms with Crippen molar-refractivity contribution in [3.8, 4) is 0 Å². The lowest BCUT2D eigenvalue weighted by Gasteiger charge is -2.29. The Labute approximate surface area is 384 Å². The van der Waals surface area contributed by atoms with E-state index in [9.17, 15) is 18.8 Å². The molecule has 0 aromatic heterocycles. The van der Waals surface area contributed by atoms with Crippen molar-refractivity contribution in [2.24, 2.45) is 4.99 Å². The minimum atomic E-state index is -1.03. The van der Waals surface area contributed by atoms with Crippen molar-refractivity contribution >= 4 is 86.7 Å². The average molecular weight is 906 g/mol. The number of aryl methyl sites for hydroxylation is 2. The summed E-state index contributed by atoms with van der Waals surface area (Å²) in [6, 6.07) is 21.4. The predicted molar refractivity (Wildman–Crippen MR) is 253 cm³/mol. The Kier molecular flexibility index (Phi) is 18.9. The molecule has 1 fully saturated rings. The Balaban J connectivity index is 0.000000287. The summed E-state index contributed by atoms with van der Waals surface area (Å²) in [5.74, 6) is -1.90. The van der Waals surface area contributed by atoms with Gasteiger partial charge in [0.05, 0.1) is 38.2 Å². The van der Waals surface area contributed by atoms with Crippen LogP contribution in [0.2, 0.25) is 0 Å². The molecule has 0 spiro atoms. The van der Waals surface area contributed by atoms with Crippen LogP contribution in [0.1, 0.15) is 75.6 Å². The third-order valence-corrected chi connectivity index (χ3v) is 10.5. The maximum absolute atomic E-state index is 15.0. The Morgan fingerprint density at radius 2 is 1.30 bits per heavy atom. The Hall–Kier alpha value is -6.89. The molecule has 1 aliphatic heterocycles. The van der Waals surface area contributed by atoms with Crippen molar-refractivity contribution in [3.05, 3.63) is 141 Å². The molecule has 0 aliphatic carbocycles. The molecule has 64 heavy (non-hydrogen) atoms. The molecule has 1 N–H and O–H groups in total. The van der Waals surface area contributed by atoms with Crippen molar-refractivity contribution in [2.75, 3.05) is 29.3 Å². The Morgan fingerprint density at radius 1 is 0.812 bits per heavy atom. The fourth-order valence-electron chi connectivity index (χ4n) is 6.34. The summed E-state index contributed by atoms with van der Waals surface area (Å²) in [5.41, 5.74) is 3.37. The standard InChI is InChI=1S/C24H24FN3O3S.C15H20N2O2.C9H5FN2S/c1-15-18(26-4)13-14-19(21(15)25)27-22(30)24(2,3)28(23(27)32)17-11-9-16(10-12-17)7-6-8-20(29)31-5;1-15(2,16-3)17-13-10-8-12(9-11-13)6-5-7-14(18)19-4;1-6-7(11-2)3-4-8(9(6)10)12-5-13/h9-14H,6-8H2,1-3,5H3;8-11,17H,5-7H2,1-2,4H3;3-4H,1H3. The molecule has 1 aliphatic rings. The van der Waals surface area contributed by atoms with Crippen LogP contribution in [-0.2, 0) is 36.7 Å². The van der Waals surface area contributed by atoms with Gasteiger partial charge in [0.2, 0.25) is 0 Å². The number of anilines is 3. The molecule has 0 bridgehead atoms. The first-order valence-corrected chi connectivity index (χ1v) is 20.7. The second kappa shape index (κ2) is 23.5. The number of amides is 1. The summed E-state index contributed by atoms with van der Waals surface area (Å²) in [5, 5.41) is 5.40. The molecule has 332 valence electrons. The van der Waals surface area contributed by atoms with E-state index in [0.717, 1.165) is 24.1 Å². The van der Waals surface area contributed by atoms with Crippen LogP contribution < -0.4 is 15.1 Å². The number of esters is 2. The normalized spacial score (nSPS) is 12.5. The molecule has 1 saturated heterocycles. The van der Waals surface area contributed by atoms with Crippen LogP contribution in [0.15, 0.2) is 77.8 Å². The number of nitrogens with zero attached hydrogens (tertiary/aromatic N) is 6. The van der Waals surface area contributed by atoms with E-state index in [4.69, 9.17) is 31.9 Å². The van der Waals surface area contributed by atoms with Crippen LogP contribution in [0.4, 0.5) is 42.9 Å². The summed E-state index contributed by atoms with van der Waals surface area (Å²) in [6.07, 6.45) is 3.81. The van der Waals surface area contributed by atoms with Gasteiger partial charge in [-0.3, -0.25) is 24.1 Å². The fraction of sp³-hybridized carbons (Fsp3) is 0.333. The smallest absolute Gasteiger partial charge is 0.305 e. The van der Waals surface area contributed by atoms with E-state index in [1.807, 2.05) is 62.4 Å². The van der Waals surface area contributed by atoms with Gasteiger partial charge in [0.1, 0.15) is 22.9 Å². The van der Waals surface area contributed by atoms with Crippen LogP contribution in [-0.4, -0.2) is 53.5 Å². The van der Waals surface area contributed by atoms with Crippen LogP contribution in [0.3, 0.4) is 0 Å². The van der Waals surface area contributed by atoms with Gasteiger partial charge in [-0.1, -0.05) is 36.4 Å². The van der Waals surface area contributed by atoms with Crippen molar-refractivity contribution in [1.29, 1.82) is 0 Å². The minimum absolute atomic E-state index is 0.0416. The summed E-state index contributed by atoms with van der Waals surface area (Å²) < 4.78 is 37.6. The van der Waals surface area contributed by atoms with Gasteiger partial charge in [0, 0.05) is 38.1 Å². The van der Waals surface area contributed by atoms with E-state index in [1.165, 1.54) is 62.8 Å². The number of halogens is 2. The summed E-state index contributed by atoms with van der Waals surface area (Å²) in [4.78, 5) is 51.9. The predicted octanol–water partition coefficient (Wildman–Crippen LogP) is 11.8. The molecular weight excluding hydrogens is 857 g/mol. The minimum Gasteiger partial charge on any atom is -0.469 e. The Morgan fingerprint density at radius 3 is 1.77 bits per heavy atom. The van der Waals surface area contributed by atoms with Gasteiger partial charge < -0.3 is 19.7 Å². The number of carbonyl (C=O) groups is 3. The fourth-order valence-corrected chi connectivity index (χ4v) is 6.95. The first-order valence-electron chi connectivity index (χ1n) is 19.9. The number of nitrogens with one attached hydrogen (secondary N) is 1. The highest BCUT2D eigenvalue weighted by Crippen LogP contribution is 2.39. The molecule has 16 heteroatoms. The number of rotatable bonds is 13. The number of aliphatic imine (C=N–C) groups is 1. The van der Waals surface area contributed by atoms with Crippen molar-refractivity contribution in [3.63, 3.8) is 0 Å². The number of benzene rings is 4. The van der Waals surface area contributed by atoms with Gasteiger partial charge in [-0.05, 0) is 136 Å². The van der Waals surface area contributed by atoms with E-state index in [0.29, 0.717) is 42.6 Å². The van der Waals surface area contributed by atoms with E-state index < -0.39 is 22.8 Å². The molecule has 12 nitrogen and oxygen atoms in total. The lowest BCUT2D eigenvalue weighted by atomic mass is 10.0. The summed E-state index contributed by atoms with van der Waals surface area (Å²) >= 11 is 9.97. The third kappa shape index (κ3) is 13.3. The van der Waals surface area contributed by atoms with Crippen LogP contribution >= 0.6 is 24.4 Å². The molecule has 4 aromatic rings. The first kappa shape index (κ1) is 51.5. The summed E-state index contributed by atoms with van der Waals surface area (Å²) in [7, 11) is 2.77. The maximum atomic E-state index is 15.0. The maximum Gasteiger partial charge on any atom is 0.305 e. The largest absolute Gasteiger partial charge is 0.469 e. The van der Waals surface area contributed by atoms with Crippen molar-refractivity contribution in [1.82, 2.24) is 0 Å². The summed E-state index contributed by atoms with van der Waals surface area (Å²) in [6.45, 7) is 31.2. The lowest BCUT2D eigenvalue weighted by molar-refractivity contribution is -0.141. The SMILES string of the molecule is [C-]#[N+]C(C)(C)Nc1ccc(CCCC(=O)OC)cc1.[C-]#[N+]c1ccc(N2C(=O)C(C)(C)N(c3ccc(CCCC(=O)OC)cc3)C2=S)c(F)c1C.[C-]#[N+]c1ccc(N=C=S)c(F)c1C. The number of carbonyl (C=O) groups excluding carboxylic acids is 3. The molecule has 0 radical (unpaired) electrons. The quantitative estimate of drug-likeness (QED) is 0.0606. The molecule has 5 rings (SSSR count). The van der Waals surface area contributed by atoms with Gasteiger partial charge in [-0.2, -0.15) is 4.99 Å². The molecule has 1 heterocycles. The zero-order chi connectivity index (χ0) is 47.8. The second-order valence-corrected chi connectivity index (χ2v) is 15.9. The van der Waals surface area contributed by atoms with Gasteiger partial charge in [-0.25, -0.2) is 25.0 Å². The number of hydrogen-bond acceptors (Lipinski definition) is 9. The van der Waals surface area contributed by atoms with Gasteiger partial charge in [0.25, 0.3) is 11.6 Å². The number of hydrogen-bond donors (Lipinski definition) is 1. The topological polar surface area (TPSA) is 114 Å². The molecule has 0 saturated carbocycles. The number of isothiocyanates is 1. The van der Waals surface area contributed by atoms with E-state index in [-0.39, 0.29) is 45.6 Å². The third-order valence-electron chi connectivity index (χ3n) is 10.0. The van der Waals surface area contributed by atoms with Crippen LogP contribution in [0.25, 0.3) is 14.5 Å². The molecule has 1 amide bonds.